The average molecular weight is 332 g/mol. The Balaban J connectivity index is 2.22. The summed E-state index contributed by atoms with van der Waals surface area (Å²) in [5.41, 5.74) is -0.345. The van der Waals surface area contributed by atoms with Crippen molar-refractivity contribution in [2.24, 2.45) is 0 Å². The Morgan fingerprint density at radius 2 is 2.04 bits per heavy atom. The summed E-state index contributed by atoms with van der Waals surface area (Å²) in [6, 6.07) is 4.05. The predicted octanol–water partition coefficient (Wildman–Crippen LogP) is 1.54. The van der Waals surface area contributed by atoms with E-state index in [1.54, 1.807) is 6.07 Å². The van der Waals surface area contributed by atoms with E-state index >= 15 is 0 Å². The molecule has 1 aromatic rings. The number of anilines is 1. The third-order valence-corrected chi connectivity index (χ3v) is 3.61. The van der Waals surface area contributed by atoms with Gasteiger partial charge in [-0.1, -0.05) is 6.07 Å². The molecule has 0 bridgehead atoms. The molecule has 1 aliphatic heterocycles. The van der Waals surface area contributed by atoms with Gasteiger partial charge in [-0.2, -0.15) is 13.2 Å². The number of benzene rings is 1. The summed E-state index contributed by atoms with van der Waals surface area (Å²) in [6.07, 6.45) is -5.79. The number of alkyl halides is 3. The second-order valence-electron chi connectivity index (χ2n) is 5.33. The number of morpholine rings is 1. The molecule has 1 heterocycles. The molecule has 1 aromatic carbocycles. The number of aliphatic hydroxyl groups is 1. The number of halogens is 3. The maximum Gasteiger partial charge on any atom is 0.416 e. The standard InChI is InChI=1S/C15H19F3N2O3/c1-10(21)14(22)19-9-11-2-3-12(8-13(11)15(16,17)18)20-4-6-23-7-5-20/h2-3,8,10,21H,4-7,9H2,1H3,(H,19,22). The van der Waals surface area contributed by atoms with Crippen molar-refractivity contribution in [2.75, 3.05) is 31.2 Å². The van der Waals surface area contributed by atoms with Gasteiger partial charge in [-0.3, -0.25) is 4.79 Å². The molecule has 5 nitrogen and oxygen atoms in total. The van der Waals surface area contributed by atoms with Crippen molar-refractivity contribution < 1.29 is 27.8 Å². The van der Waals surface area contributed by atoms with Gasteiger partial charge in [0.05, 0.1) is 18.8 Å². The fourth-order valence-corrected chi connectivity index (χ4v) is 2.33. The lowest BCUT2D eigenvalue weighted by Gasteiger charge is -2.29. The lowest BCUT2D eigenvalue weighted by atomic mass is 10.0. The molecule has 23 heavy (non-hydrogen) atoms. The average Bonchev–Trinajstić information content (AvgIpc) is 2.52. The van der Waals surface area contributed by atoms with E-state index in [0.717, 1.165) is 6.07 Å². The zero-order valence-corrected chi connectivity index (χ0v) is 12.7. The van der Waals surface area contributed by atoms with E-state index in [1.165, 1.54) is 13.0 Å². The Morgan fingerprint density at radius 3 is 2.61 bits per heavy atom. The maximum atomic E-state index is 13.3. The normalized spacial score (nSPS) is 17.0. The van der Waals surface area contributed by atoms with E-state index in [2.05, 4.69) is 5.32 Å². The Kier molecular flexibility index (Phi) is 5.48. The van der Waals surface area contributed by atoms with Crippen molar-refractivity contribution in [1.82, 2.24) is 5.32 Å². The number of nitrogens with zero attached hydrogens (tertiary/aromatic N) is 1. The smallest absolute Gasteiger partial charge is 0.384 e. The number of nitrogens with one attached hydrogen (secondary N) is 1. The summed E-state index contributed by atoms with van der Waals surface area (Å²) in [6.45, 7) is 3.00. The number of carbonyl (C=O) groups is 1. The molecule has 0 spiro atoms. The zero-order valence-electron chi connectivity index (χ0n) is 12.7. The van der Waals surface area contributed by atoms with Crippen molar-refractivity contribution in [3.63, 3.8) is 0 Å². The number of carbonyl (C=O) groups excluding carboxylic acids is 1. The first kappa shape index (κ1) is 17.6. The van der Waals surface area contributed by atoms with Gasteiger partial charge >= 0.3 is 6.18 Å². The number of hydrogen-bond acceptors (Lipinski definition) is 4. The highest BCUT2D eigenvalue weighted by molar-refractivity contribution is 5.80. The molecule has 1 fully saturated rings. The lowest BCUT2D eigenvalue weighted by molar-refractivity contribution is -0.138. The van der Waals surface area contributed by atoms with Crippen LogP contribution in [0.3, 0.4) is 0 Å². The minimum atomic E-state index is -4.52. The predicted molar refractivity (Wildman–Crippen MR) is 78.0 cm³/mol. The number of rotatable bonds is 4. The maximum absolute atomic E-state index is 13.3. The number of ether oxygens (including phenoxy) is 1. The molecular weight excluding hydrogens is 313 g/mol. The molecule has 8 heteroatoms. The van der Waals surface area contributed by atoms with Gasteiger partial charge in [-0.25, -0.2) is 0 Å². The van der Waals surface area contributed by atoms with Gasteiger partial charge in [0.15, 0.2) is 0 Å². The fraction of sp³-hybridized carbons (Fsp3) is 0.533. The molecule has 0 aliphatic carbocycles. The molecular formula is C15H19F3N2O3. The molecule has 1 amide bonds. The summed E-state index contributed by atoms with van der Waals surface area (Å²) in [5, 5.41) is 11.4. The Morgan fingerprint density at radius 1 is 1.39 bits per heavy atom. The summed E-state index contributed by atoms with van der Waals surface area (Å²) < 4.78 is 45.0. The van der Waals surface area contributed by atoms with Crippen molar-refractivity contribution >= 4 is 11.6 Å². The van der Waals surface area contributed by atoms with E-state index in [0.29, 0.717) is 32.0 Å². The van der Waals surface area contributed by atoms with E-state index in [4.69, 9.17) is 9.84 Å². The molecule has 0 saturated carbocycles. The van der Waals surface area contributed by atoms with Crippen molar-refractivity contribution in [3.05, 3.63) is 29.3 Å². The molecule has 0 radical (unpaired) electrons. The minimum Gasteiger partial charge on any atom is -0.384 e. The number of hydrogen-bond donors (Lipinski definition) is 2. The summed E-state index contributed by atoms with van der Waals surface area (Å²) in [7, 11) is 0. The van der Waals surface area contributed by atoms with Crippen LogP contribution in [0, 0.1) is 0 Å². The molecule has 128 valence electrons. The molecule has 2 N–H and O–H groups in total. The second kappa shape index (κ2) is 7.18. The van der Waals surface area contributed by atoms with Crippen LogP contribution in [0.25, 0.3) is 0 Å². The van der Waals surface area contributed by atoms with E-state index < -0.39 is 23.8 Å². The molecule has 2 rings (SSSR count). The summed E-state index contributed by atoms with van der Waals surface area (Å²) in [5.74, 6) is -0.713. The first-order valence-electron chi connectivity index (χ1n) is 7.27. The fourth-order valence-electron chi connectivity index (χ4n) is 2.33. The molecule has 1 unspecified atom stereocenters. The summed E-state index contributed by atoms with van der Waals surface area (Å²) >= 11 is 0. The quantitative estimate of drug-likeness (QED) is 0.878. The molecule has 0 aromatic heterocycles. The monoisotopic (exact) mass is 332 g/mol. The van der Waals surface area contributed by atoms with Crippen LogP contribution in [0.1, 0.15) is 18.1 Å². The van der Waals surface area contributed by atoms with Crippen molar-refractivity contribution in [2.45, 2.75) is 25.7 Å². The van der Waals surface area contributed by atoms with E-state index in [9.17, 15) is 18.0 Å². The van der Waals surface area contributed by atoms with Gasteiger partial charge in [-0.15, -0.1) is 0 Å². The van der Waals surface area contributed by atoms with Crippen LogP contribution in [-0.2, 0) is 22.3 Å². The minimum absolute atomic E-state index is 0.0384. The lowest BCUT2D eigenvalue weighted by Crippen LogP contribution is -2.36. The van der Waals surface area contributed by atoms with Crippen LogP contribution in [0.15, 0.2) is 18.2 Å². The van der Waals surface area contributed by atoms with Gasteiger partial charge in [0.25, 0.3) is 0 Å². The van der Waals surface area contributed by atoms with Gasteiger partial charge in [0, 0.05) is 25.3 Å². The van der Waals surface area contributed by atoms with Crippen LogP contribution in [0.2, 0.25) is 0 Å². The third-order valence-electron chi connectivity index (χ3n) is 3.61. The number of amides is 1. The van der Waals surface area contributed by atoms with Gasteiger partial charge < -0.3 is 20.1 Å². The topological polar surface area (TPSA) is 61.8 Å². The SMILES string of the molecule is CC(O)C(=O)NCc1ccc(N2CCOCC2)cc1C(F)(F)F. The highest BCUT2D eigenvalue weighted by Gasteiger charge is 2.34. The molecule has 1 saturated heterocycles. The third kappa shape index (κ3) is 4.59. The van der Waals surface area contributed by atoms with Crippen molar-refractivity contribution in [1.29, 1.82) is 0 Å². The Bertz CT molecular complexity index is 555. The Hall–Kier alpha value is -1.80. The zero-order chi connectivity index (χ0) is 17.0. The van der Waals surface area contributed by atoms with Crippen LogP contribution in [0.5, 0.6) is 0 Å². The van der Waals surface area contributed by atoms with Crippen LogP contribution in [0.4, 0.5) is 18.9 Å². The van der Waals surface area contributed by atoms with Gasteiger partial charge in [0.1, 0.15) is 6.10 Å². The van der Waals surface area contributed by atoms with Crippen molar-refractivity contribution in [3.8, 4) is 0 Å². The number of aliphatic hydroxyl groups excluding tert-OH is 1. The van der Waals surface area contributed by atoms with E-state index in [-0.39, 0.29) is 12.1 Å². The second-order valence-corrected chi connectivity index (χ2v) is 5.33. The first-order valence-corrected chi connectivity index (χ1v) is 7.27. The first-order chi connectivity index (χ1) is 10.8. The van der Waals surface area contributed by atoms with Gasteiger partial charge in [-0.05, 0) is 24.6 Å². The summed E-state index contributed by atoms with van der Waals surface area (Å²) in [4.78, 5) is 13.2. The molecule has 1 atom stereocenters. The Labute approximate surface area is 132 Å². The largest absolute Gasteiger partial charge is 0.416 e. The van der Waals surface area contributed by atoms with Gasteiger partial charge in [0.2, 0.25) is 5.91 Å². The highest BCUT2D eigenvalue weighted by atomic mass is 19.4. The highest BCUT2D eigenvalue weighted by Crippen LogP contribution is 2.35. The van der Waals surface area contributed by atoms with E-state index in [1.807, 2.05) is 4.90 Å². The molecule has 1 aliphatic rings. The van der Waals surface area contributed by atoms with Crippen LogP contribution >= 0.6 is 0 Å². The van der Waals surface area contributed by atoms with Crippen LogP contribution in [-0.4, -0.2) is 43.4 Å². The van der Waals surface area contributed by atoms with Crippen LogP contribution < -0.4 is 10.2 Å².